The molecule has 5 heteroatoms. The third-order valence-electron chi connectivity index (χ3n) is 4.95. The molecule has 138 valence electrons. The number of aromatic nitrogens is 1. The second-order valence-electron chi connectivity index (χ2n) is 7.05. The number of hydrogen-bond donors (Lipinski definition) is 2. The molecule has 0 amide bonds. The molecule has 3 rings (SSSR count). The first kappa shape index (κ1) is 18.2. The van der Waals surface area contributed by atoms with Crippen LogP contribution in [0.4, 0.5) is 11.5 Å². The minimum Gasteiger partial charge on any atom is -0.370 e. The molecule has 1 fully saturated rings. The summed E-state index contributed by atoms with van der Waals surface area (Å²) in [7, 11) is 0. The second-order valence-corrected chi connectivity index (χ2v) is 7.05. The molecule has 0 spiro atoms. The Balaban J connectivity index is 1.63. The van der Waals surface area contributed by atoms with Crippen LogP contribution in [0.25, 0.3) is 0 Å². The van der Waals surface area contributed by atoms with Gasteiger partial charge in [0, 0.05) is 25.0 Å². The van der Waals surface area contributed by atoms with E-state index in [1.165, 1.54) is 36.8 Å². The van der Waals surface area contributed by atoms with Crippen LogP contribution in [0.3, 0.4) is 0 Å². The molecular formula is C21H29N5. The van der Waals surface area contributed by atoms with Gasteiger partial charge >= 0.3 is 0 Å². The molecule has 0 radical (unpaired) electrons. The third kappa shape index (κ3) is 4.97. The molecule has 26 heavy (non-hydrogen) atoms. The largest absolute Gasteiger partial charge is 0.370 e. The van der Waals surface area contributed by atoms with Crippen LogP contribution in [-0.4, -0.2) is 24.0 Å². The Labute approximate surface area is 156 Å². The summed E-state index contributed by atoms with van der Waals surface area (Å²) in [5.41, 5.74) is 10.7. The highest BCUT2D eigenvalue weighted by molar-refractivity contribution is 5.92. The first-order valence-corrected chi connectivity index (χ1v) is 9.46. The number of hydrogen-bond acceptors (Lipinski definition) is 3. The highest BCUT2D eigenvalue weighted by Gasteiger charge is 2.11. The third-order valence-corrected chi connectivity index (χ3v) is 4.95. The number of aliphatic imine (C=N–C) groups is 1. The van der Waals surface area contributed by atoms with Crippen molar-refractivity contribution in [1.29, 1.82) is 0 Å². The second kappa shape index (κ2) is 8.70. The van der Waals surface area contributed by atoms with Gasteiger partial charge in [0.2, 0.25) is 0 Å². The van der Waals surface area contributed by atoms with Gasteiger partial charge in [-0.1, -0.05) is 18.9 Å². The van der Waals surface area contributed by atoms with Gasteiger partial charge in [0.25, 0.3) is 0 Å². The van der Waals surface area contributed by atoms with E-state index in [9.17, 15) is 0 Å². The van der Waals surface area contributed by atoms with Crippen molar-refractivity contribution in [1.82, 2.24) is 4.98 Å². The highest BCUT2D eigenvalue weighted by atomic mass is 15.2. The molecule has 1 saturated heterocycles. The van der Waals surface area contributed by atoms with Crippen molar-refractivity contribution >= 4 is 17.5 Å². The highest BCUT2D eigenvalue weighted by Crippen LogP contribution is 2.19. The lowest BCUT2D eigenvalue weighted by Gasteiger charge is -2.21. The number of nitrogens with zero attached hydrogens (tertiary/aromatic N) is 3. The molecule has 0 unspecified atom stereocenters. The van der Waals surface area contributed by atoms with Crippen molar-refractivity contribution in [3.05, 3.63) is 53.2 Å². The fourth-order valence-electron chi connectivity index (χ4n) is 3.21. The Bertz CT molecular complexity index is 761. The molecule has 2 heterocycles. The Morgan fingerprint density at radius 1 is 1.08 bits per heavy atom. The predicted molar refractivity (Wildman–Crippen MR) is 110 cm³/mol. The van der Waals surface area contributed by atoms with E-state index in [1.54, 1.807) is 0 Å². The molecular weight excluding hydrogens is 322 g/mol. The SMILES string of the molecule is Cc1ccc(NC(N)=NCc2ccnc(N3CCCCCC3)c2)cc1C. The molecule has 0 bridgehead atoms. The van der Waals surface area contributed by atoms with Gasteiger partial charge < -0.3 is 16.0 Å². The molecule has 1 aromatic carbocycles. The maximum Gasteiger partial charge on any atom is 0.193 e. The number of nitrogens with two attached hydrogens (primary N) is 1. The van der Waals surface area contributed by atoms with Crippen molar-refractivity contribution in [3.8, 4) is 0 Å². The van der Waals surface area contributed by atoms with Crippen LogP contribution in [0.5, 0.6) is 0 Å². The van der Waals surface area contributed by atoms with Gasteiger partial charge in [-0.05, 0) is 67.6 Å². The molecule has 0 aliphatic carbocycles. The summed E-state index contributed by atoms with van der Waals surface area (Å²) in [5.74, 6) is 1.49. The van der Waals surface area contributed by atoms with Gasteiger partial charge in [0.05, 0.1) is 6.54 Å². The van der Waals surface area contributed by atoms with E-state index in [0.29, 0.717) is 12.5 Å². The minimum atomic E-state index is 0.432. The van der Waals surface area contributed by atoms with Crippen LogP contribution < -0.4 is 16.0 Å². The van der Waals surface area contributed by atoms with Crippen LogP contribution in [0.1, 0.15) is 42.4 Å². The zero-order chi connectivity index (χ0) is 18.4. The fourth-order valence-corrected chi connectivity index (χ4v) is 3.21. The summed E-state index contributed by atoms with van der Waals surface area (Å²) in [6.45, 7) is 6.93. The smallest absolute Gasteiger partial charge is 0.193 e. The van der Waals surface area contributed by atoms with Crippen molar-refractivity contribution < 1.29 is 0 Å². The summed E-state index contributed by atoms with van der Waals surface area (Å²) in [6.07, 6.45) is 7.01. The fraction of sp³-hybridized carbons (Fsp3) is 0.429. The van der Waals surface area contributed by atoms with E-state index in [0.717, 1.165) is 30.2 Å². The average Bonchev–Trinajstić information content (AvgIpc) is 2.93. The molecule has 0 atom stereocenters. The van der Waals surface area contributed by atoms with E-state index in [2.05, 4.69) is 52.2 Å². The van der Waals surface area contributed by atoms with Crippen molar-refractivity contribution in [2.45, 2.75) is 46.1 Å². The zero-order valence-electron chi connectivity index (χ0n) is 15.8. The van der Waals surface area contributed by atoms with Crippen LogP contribution in [0.15, 0.2) is 41.5 Å². The van der Waals surface area contributed by atoms with E-state index in [1.807, 2.05) is 18.3 Å². The summed E-state index contributed by atoms with van der Waals surface area (Å²) in [4.78, 5) is 11.4. The minimum absolute atomic E-state index is 0.432. The normalized spacial score (nSPS) is 15.6. The molecule has 2 aromatic rings. The standard InChI is InChI=1S/C21H29N5/c1-16-7-8-19(13-17(16)2)25-21(22)24-15-18-9-10-23-20(14-18)26-11-5-3-4-6-12-26/h7-10,13-14H,3-6,11-12,15H2,1-2H3,(H3,22,24,25). The summed E-state index contributed by atoms with van der Waals surface area (Å²) >= 11 is 0. The number of guanidine groups is 1. The number of rotatable bonds is 4. The van der Waals surface area contributed by atoms with Gasteiger partial charge in [-0.15, -0.1) is 0 Å². The maximum atomic E-state index is 6.06. The summed E-state index contributed by atoms with van der Waals surface area (Å²) in [6, 6.07) is 10.3. The number of benzene rings is 1. The Kier molecular flexibility index (Phi) is 6.10. The molecule has 0 saturated carbocycles. The Hall–Kier alpha value is -2.56. The van der Waals surface area contributed by atoms with Gasteiger partial charge in [0.15, 0.2) is 5.96 Å². The summed E-state index contributed by atoms with van der Waals surface area (Å²) < 4.78 is 0. The first-order chi connectivity index (χ1) is 12.6. The molecule has 1 aliphatic heterocycles. The van der Waals surface area contributed by atoms with E-state index < -0.39 is 0 Å². The van der Waals surface area contributed by atoms with Crippen molar-refractivity contribution in [2.24, 2.45) is 10.7 Å². The van der Waals surface area contributed by atoms with Crippen LogP contribution in [-0.2, 0) is 6.54 Å². The Morgan fingerprint density at radius 2 is 1.85 bits per heavy atom. The van der Waals surface area contributed by atoms with Crippen molar-refractivity contribution in [2.75, 3.05) is 23.3 Å². The lowest BCUT2D eigenvalue weighted by Crippen LogP contribution is -2.25. The number of aryl methyl sites for hydroxylation is 2. The first-order valence-electron chi connectivity index (χ1n) is 9.46. The zero-order valence-corrected chi connectivity index (χ0v) is 15.8. The van der Waals surface area contributed by atoms with E-state index in [4.69, 9.17) is 5.73 Å². The lowest BCUT2D eigenvalue weighted by molar-refractivity contribution is 0.726. The molecule has 5 nitrogen and oxygen atoms in total. The van der Waals surface area contributed by atoms with Crippen LogP contribution in [0, 0.1) is 13.8 Å². The average molecular weight is 351 g/mol. The van der Waals surface area contributed by atoms with Crippen LogP contribution >= 0.6 is 0 Å². The van der Waals surface area contributed by atoms with Gasteiger partial charge in [-0.25, -0.2) is 9.98 Å². The molecule has 1 aliphatic rings. The van der Waals surface area contributed by atoms with Crippen molar-refractivity contribution in [3.63, 3.8) is 0 Å². The predicted octanol–water partition coefficient (Wildman–Crippen LogP) is 4.01. The lowest BCUT2D eigenvalue weighted by atomic mass is 10.1. The Morgan fingerprint density at radius 3 is 2.58 bits per heavy atom. The van der Waals surface area contributed by atoms with Gasteiger partial charge in [0.1, 0.15) is 5.82 Å². The van der Waals surface area contributed by atoms with Gasteiger partial charge in [-0.3, -0.25) is 0 Å². The number of nitrogens with one attached hydrogen (secondary N) is 1. The number of pyridine rings is 1. The van der Waals surface area contributed by atoms with Crippen LogP contribution in [0.2, 0.25) is 0 Å². The monoisotopic (exact) mass is 351 g/mol. The van der Waals surface area contributed by atoms with Gasteiger partial charge in [-0.2, -0.15) is 0 Å². The van der Waals surface area contributed by atoms with E-state index in [-0.39, 0.29) is 0 Å². The number of anilines is 2. The van der Waals surface area contributed by atoms with E-state index >= 15 is 0 Å². The summed E-state index contributed by atoms with van der Waals surface area (Å²) in [5, 5.41) is 3.17. The quantitative estimate of drug-likeness (QED) is 0.645. The molecule has 3 N–H and O–H groups in total. The molecule has 1 aromatic heterocycles. The topological polar surface area (TPSA) is 66.5 Å². The maximum absolute atomic E-state index is 6.06.